The number of alkyl halides is 1. The van der Waals surface area contributed by atoms with Gasteiger partial charge in [0, 0.05) is 32.6 Å². The molecule has 1 rings (SSSR count). The van der Waals surface area contributed by atoms with Crippen LogP contribution in [0.2, 0.25) is 5.02 Å². The van der Waals surface area contributed by atoms with Crippen LogP contribution in [0, 0.1) is 6.92 Å². The summed E-state index contributed by atoms with van der Waals surface area (Å²) in [5.74, 6) is 0.502. The van der Waals surface area contributed by atoms with Gasteiger partial charge in [0.25, 0.3) is 0 Å². The molecule has 0 amide bonds. The summed E-state index contributed by atoms with van der Waals surface area (Å²) in [6.45, 7) is 3.11. The van der Waals surface area contributed by atoms with Crippen LogP contribution in [-0.2, 0) is 18.3 Å². The number of hydrogen-bond acceptors (Lipinski definition) is 3. The predicted octanol–water partition coefficient (Wildman–Crippen LogP) is 1.73. The van der Waals surface area contributed by atoms with Crippen LogP contribution in [0.5, 0.6) is 0 Å². The van der Waals surface area contributed by atoms with Crippen molar-refractivity contribution in [2.24, 2.45) is 7.05 Å². The van der Waals surface area contributed by atoms with Crippen molar-refractivity contribution in [1.82, 2.24) is 15.1 Å². The third kappa shape index (κ3) is 3.35. The Morgan fingerprint density at radius 1 is 1.56 bits per heavy atom. The van der Waals surface area contributed by atoms with Crippen molar-refractivity contribution in [2.45, 2.75) is 19.5 Å². The summed E-state index contributed by atoms with van der Waals surface area (Å²) in [5.41, 5.74) is 1.81. The van der Waals surface area contributed by atoms with Gasteiger partial charge in [0.15, 0.2) is 0 Å². The van der Waals surface area contributed by atoms with Gasteiger partial charge < -0.3 is 10.1 Å². The Kier molecular flexibility index (Phi) is 5.55. The summed E-state index contributed by atoms with van der Waals surface area (Å²) in [5, 5.41) is 8.23. The van der Waals surface area contributed by atoms with Crippen molar-refractivity contribution in [3.8, 4) is 0 Å². The SMILES string of the molecule is COCC(CCl)NCc1c(Cl)c(C)nn1C. The molecule has 6 heteroatoms. The van der Waals surface area contributed by atoms with Gasteiger partial charge in [0.2, 0.25) is 0 Å². The van der Waals surface area contributed by atoms with Crippen LogP contribution >= 0.6 is 23.2 Å². The third-order valence-corrected chi connectivity index (χ3v) is 3.24. The van der Waals surface area contributed by atoms with Crippen LogP contribution in [0.4, 0.5) is 0 Å². The quantitative estimate of drug-likeness (QED) is 0.797. The molecule has 0 saturated heterocycles. The largest absolute Gasteiger partial charge is 0.383 e. The second-order valence-electron chi connectivity index (χ2n) is 3.66. The highest BCUT2D eigenvalue weighted by molar-refractivity contribution is 6.31. The van der Waals surface area contributed by atoms with E-state index in [2.05, 4.69) is 10.4 Å². The maximum atomic E-state index is 6.13. The molecule has 0 fully saturated rings. The van der Waals surface area contributed by atoms with Crippen LogP contribution < -0.4 is 5.32 Å². The molecule has 0 aliphatic rings. The number of aromatic nitrogens is 2. The molecule has 0 aliphatic carbocycles. The Morgan fingerprint density at radius 3 is 2.69 bits per heavy atom. The zero-order chi connectivity index (χ0) is 12.1. The van der Waals surface area contributed by atoms with E-state index >= 15 is 0 Å². The monoisotopic (exact) mass is 265 g/mol. The summed E-state index contributed by atoms with van der Waals surface area (Å²) < 4.78 is 6.83. The lowest BCUT2D eigenvalue weighted by atomic mass is 10.3. The van der Waals surface area contributed by atoms with Gasteiger partial charge in [-0.25, -0.2) is 0 Å². The first-order valence-corrected chi connectivity index (χ1v) is 5.97. The third-order valence-electron chi connectivity index (χ3n) is 2.37. The molecule has 1 N–H and O–H groups in total. The number of rotatable bonds is 6. The first kappa shape index (κ1) is 13.8. The number of methoxy groups -OCH3 is 1. The highest BCUT2D eigenvalue weighted by Gasteiger charge is 2.13. The second-order valence-corrected chi connectivity index (χ2v) is 4.34. The maximum Gasteiger partial charge on any atom is 0.0860 e. The smallest absolute Gasteiger partial charge is 0.0860 e. The van der Waals surface area contributed by atoms with Crippen molar-refractivity contribution in [1.29, 1.82) is 0 Å². The summed E-state index contributed by atoms with van der Waals surface area (Å²) in [6, 6.07) is 0.123. The molecule has 1 aromatic rings. The molecule has 1 aromatic heterocycles. The van der Waals surface area contributed by atoms with Crippen molar-refractivity contribution >= 4 is 23.2 Å². The van der Waals surface area contributed by atoms with Gasteiger partial charge in [-0.1, -0.05) is 11.6 Å². The lowest BCUT2D eigenvalue weighted by Crippen LogP contribution is -2.34. The number of halogens is 2. The second kappa shape index (κ2) is 6.45. The average Bonchev–Trinajstić information content (AvgIpc) is 2.49. The van der Waals surface area contributed by atoms with Gasteiger partial charge in [-0.15, -0.1) is 11.6 Å². The lowest BCUT2D eigenvalue weighted by molar-refractivity contribution is 0.172. The minimum Gasteiger partial charge on any atom is -0.383 e. The zero-order valence-electron chi connectivity index (χ0n) is 9.76. The average molecular weight is 266 g/mol. The summed E-state index contributed by atoms with van der Waals surface area (Å²) >= 11 is 11.9. The Labute approximate surface area is 106 Å². The van der Waals surface area contributed by atoms with Gasteiger partial charge >= 0.3 is 0 Å². The fourth-order valence-corrected chi connectivity index (χ4v) is 1.90. The summed E-state index contributed by atoms with van der Waals surface area (Å²) in [7, 11) is 3.53. The van der Waals surface area contributed by atoms with E-state index < -0.39 is 0 Å². The summed E-state index contributed by atoms with van der Waals surface area (Å²) in [4.78, 5) is 0. The van der Waals surface area contributed by atoms with Gasteiger partial charge in [-0.3, -0.25) is 4.68 Å². The first-order valence-electron chi connectivity index (χ1n) is 5.06. The molecule has 1 unspecified atom stereocenters. The van der Waals surface area contributed by atoms with E-state index in [0.717, 1.165) is 11.4 Å². The molecule has 92 valence electrons. The maximum absolute atomic E-state index is 6.13. The van der Waals surface area contributed by atoms with Crippen LogP contribution in [0.25, 0.3) is 0 Å². The molecule has 0 spiro atoms. The number of aryl methyl sites for hydroxylation is 2. The molecule has 0 saturated carbocycles. The molecular weight excluding hydrogens is 249 g/mol. The first-order chi connectivity index (χ1) is 7.60. The topological polar surface area (TPSA) is 39.1 Å². The van der Waals surface area contributed by atoms with Crippen molar-refractivity contribution < 1.29 is 4.74 Å². The molecule has 1 heterocycles. The van der Waals surface area contributed by atoms with E-state index in [4.69, 9.17) is 27.9 Å². The normalized spacial score (nSPS) is 13.1. The van der Waals surface area contributed by atoms with Crippen LogP contribution in [0.15, 0.2) is 0 Å². The van der Waals surface area contributed by atoms with Gasteiger partial charge in [-0.2, -0.15) is 5.10 Å². The fraction of sp³-hybridized carbons (Fsp3) is 0.700. The molecule has 0 aromatic carbocycles. The molecule has 0 aliphatic heterocycles. The van der Waals surface area contributed by atoms with Crippen molar-refractivity contribution in [2.75, 3.05) is 19.6 Å². The number of nitrogens with one attached hydrogen (secondary N) is 1. The number of nitrogens with zero attached hydrogens (tertiary/aromatic N) is 2. The Bertz CT molecular complexity index is 341. The van der Waals surface area contributed by atoms with E-state index in [1.807, 2.05) is 14.0 Å². The molecule has 0 bridgehead atoms. The standard InChI is InChI=1S/C10H17Cl2N3O/c1-7-10(12)9(15(2)14-7)5-13-8(4-11)6-16-3/h8,13H,4-6H2,1-3H3. The molecular formula is C10H17Cl2N3O. The number of hydrogen-bond donors (Lipinski definition) is 1. The van der Waals surface area contributed by atoms with E-state index in [1.54, 1.807) is 11.8 Å². The van der Waals surface area contributed by atoms with E-state index in [0.29, 0.717) is 24.1 Å². The molecule has 4 nitrogen and oxygen atoms in total. The minimum atomic E-state index is 0.123. The van der Waals surface area contributed by atoms with Crippen molar-refractivity contribution in [3.63, 3.8) is 0 Å². The Morgan fingerprint density at radius 2 is 2.25 bits per heavy atom. The Balaban J connectivity index is 2.59. The number of ether oxygens (including phenoxy) is 1. The zero-order valence-corrected chi connectivity index (χ0v) is 11.3. The summed E-state index contributed by atoms with van der Waals surface area (Å²) in [6.07, 6.45) is 0. The minimum absolute atomic E-state index is 0.123. The van der Waals surface area contributed by atoms with Gasteiger partial charge in [0.05, 0.1) is 23.0 Å². The lowest BCUT2D eigenvalue weighted by Gasteiger charge is -2.15. The Hall–Kier alpha value is -0.290. The van der Waals surface area contributed by atoms with E-state index in [-0.39, 0.29) is 6.04 Å². The van der Waals surface area contributed by atoms with Crippen molar-refractivity contribution in [3.05, 3.63) is 16.4 Å². The highest BCUT2D eigenvalue weighted by Crippen LogP contribution is 2.19. The molecule has 16 heavy (non-hydrogen) atoms. The van der Waals surface area contributed by atoms with E-state index in [9.17, 15) is 0 Å². The fourth-order valence-electron chi connectivity index (χ4n) is 1.47. The highest BCUT2D eigenvalue weighted by atomic mass is 35.5. The van der Waals surface area contributed by atoms with E-state index in [1.165, 1.54) is 0 Å². The van der Waals surface area contributed by atoms with Gasteiger partial charge in [-0.05, 0) is 6.92 Å². The van der Waals surface area contributed by atoms with Crippen LogP contribution in [-0.4, -0.2) is 35.4 Å². The van der Waals surface area contributed by atoms with Crippen LogP contribution in [0.3, 0.4) is 0 Å². The van der Waals surface area contributed by atoms with Crippen LogP contribution in [0.1, 0.15) is 11.4 Å². The predicted molar refractivity (Wildman–Crippen MR) is 66.2 cm³/mol. The molecule has 1 atom stereocenters. The van der Waals surface area contributed by atoms with Gasteiger partial charge in [0.1, 0.15) is 0 Å². The molecule has 0 radical (unpaired) electrons.